The summed E-state index contributed by atoms with van der Waals surface area (Å²) in [7, 11) is 0. The number of halogens is 1. The molecule has 2 bridgehead atoms. The third kappa shape index (κ3) is 5.54. The van der Waals surface area contributed by atoms with Gasteiger partial charge in [0.05, 0.1) is 21.3 Å². The molecule has 1 amide bonds. The van der Waals surface area contributed by atoms with E-state index < -0.39 is 27.1 Å². The molecule has 3 aliphatic carbocycles. The van der Waals surface area contributed by atoms with Crippen LogP contribution in [-0.2, 0) is 19.1 Å². The molecule has 1 aliphatic heterocycles. The summed E-state index contributed by atoms with van der Waals surface area (Å²) in [4.78, 5) is 41.7. The van der Waals surface area contributed by atoms with Crippen molar-refractivity contribution in [3.63, 3.8) is 0 Å². The second-order valence-corrected chi connectivity index (χ2v) is 16.8. The quantitative estimate of drug-likeness (QED) is 0.172. The summed E-state index contributed by atoms with van der Waals surface area (Å²) in [5, 5.41) is 11.8. The van der Waals surface area contributed by atoms with E-state index in [-0.39, 0.29) is 57.7 Å². The van der Waals surface area contributed by atoms with Crippen molar-refractivity contribution in [1.82, 2.24) is 4.90 Å². The first-order valence-corrected chi connectivity index (χ1v) is 17.2. The minimum atomic E-state index is -0.675. The van der Waals surface area contributed by atoms with Crippen LogP contribution in [-0.4, -0.2) is 73.4 Å². The largest absolute Gasteiger partial charge is 0.460 e. The van der Waals surface area contributed by atoms with Gasteiger partial charge in [-0.2, -0.15) is 0 Å². The number of hydrogen-bond acceptors (Lipinski definition) is 7. The van der Waals surface area contributed by atoms with E-state index in [1.807, 2.05) is 31.7 Å². The first-order chi connectivity index (χ1) is 18.7. The predicted octanol–water partition coefficient (Wildman–Crippen LogP) is 4.77. The Morgan fingerprint density at radius 3 is 2.65 bits per heavy atom. The molecule has 0 spiro atoms. The van der Waals surface area contributed by atoms with Crippen molar-refractivity contribution in [2.75, 3.05) is 18.8 Å². The summed E-state index contributed by atoms with van der Waals surface area (Å²) in [5.74, 6) is 0.110. The summed E-state index contributed by atoms with van der Waals surface area (Å²) in [5.41, 5.74) is 5.19. The van der Waals surface area contributed by atoms with Gasteiger partial charge in [0.15, 0.2) is 0 Å². The van der Waals surface area contributed by atoms with Gasteiger partial charge < -0.3 is 20.5 Å². The highest BCUT2D eigenvalue weighted by Gasteiger charge is 2.69. The molecule has 1 heterocycles. The molecular weight excluding hydrogens is 639 g/mol. The standard InChI is InChI=1S/C31H49IN2O5S/c1-7-29(6)15-23(31(32)19(4)10-12-30(20(5)27(29)37)13-11-22(35)26(30)31)39-24(36)17-40-21-9-8-14-34(16-21)28(38)25(33)18(2)3/h7,18-21,23,25-27,37H,1,8-17,33H2,2-6H3/t19-,20+,21+,23-,25-,26-,27+,29-,30+,31-/m1/s1. The number of alkyl halides is 1. The monoisotopic (exact) mass is 688 g/mol. The summed E-state index contributed by atoms with van der Waals surface area (Å²) in [6, 6.07) is -0.506. The zero-order valence-electron chi connectivity index (χ0n) is 24.9. The maximum absolute atomic E-state index is 13.6. The fourth-order valence-electron chi connectivity index (χ4n) is 8.18. The van der Waals surface area contributed by atoms with Gasteiger partial charge in [0.25, 0.3) is 0 Å². The van der Waals surface area contributed by atoms with Crippen LogP contribution in [0.1, 0.15) is 79.6 Å². The van der Waals surface area contributed by atoms with Crippen LogP contribution in [0, 0.1) is 34.5 Å². The minimum absolute atomic E-state index is 0.0169. The Hall–Kier alpha value is -0.650. The molecule has 0 radical (unpaired) electrons. The lowest BCUT2D eigenvalue weighted by Crippen LogP contribution is -2.65. The lowest BCUT2D eigenvalue weighted by molar-refractivity contribution is -0.169. The predicted molar refractivity (Wildman–Crippen MR) is 168 cm³/mol. The second-order valence-electron chi connectivity index (χ2n) is 13.7. The topological polar surface area (TPSA) is 110 Å². The SMILES string of the molecule is C=C[C@]1(C)C[C@@H](OC(=O)CS[C@H]2CCCN(C(=O)[C@H](N)C(C)C)C2)[C@]2(I)[C@H](C)CC[C@]3(CCC(=O)[C@H]32)[C@@H](C)[C@@H]1O. The van der Waals surface area contributed by atoms with Crippen molar-refractivity contribution >= 4 is 52.0 Å². The van der Waals surface area contributed by atoms with E-state index in [4.69, 9.17) is 10.5 Å². The van der Waals surface area contributed by atoms with Gasteiger partial charge in [0.1, 0.15) is 11.9 Å². The van der Waals surface area contributed by atoms with Gasteiger partial charge in [-0.05, 0) is 61.7 Å². The Balaban J connectivity index is 1.52. The summed E-state index contributed by atoms with van der Waals surface area (Å²) in [6.45, 7) is 15.6. The van der Waals surface area contributed by atoms with Gasteiger partial charge in [-0.1, -0.05) is 63.3 Å². The number of aliphatic hydroxyl groups is 1. The molecule has 9 heteroatoms. The van der Waals surface area contributed by atoms with Gasteiger partial charge in [-0.15, -0.1) is 18.3 Å². The van der Waals surface area contributed by atoms with Crippen LogP contribution >= 0.6 is 34.4 Å². The Kier molecular flexibility index (Phi) is 9.80. The van der Waals surface area contributed by atoms with Crippen molar-refractivity contribution in [3.05, 3.63) is 12.7 Å². The summed E-state index contributed by atoms with van der Waals surface area (Å²) >= 11 is 4.02. The molecular formula is C31H49IN2O5S. The number of nitrogens with zero attached hydrogens (tertiary/aromatic N) is 1. The van der Waals surface area contributed by atoms with Crippen LogP contribution in [0.2, 0.25) is 0 Å². The van der Waals surface area contributed by atoms with Crippen molar-refractivity contribution in [2.45, 2.75) is 106 Å². The number of esters is 1. The number of rotatable bonds is 7. The number of carbonyl (C=O) groups excluding carboxylic acids is 3. The number of piperidine rings is 1. The van der Waals surface area contributed by atoms with E-state index in [2.05, 4.69) is 43.0 Å². The number of aliphatic hydroxyl groups excluding tert-OH is 1. The van der Waals surface area contributed by atoms with Crippen LogP contribution in [0.15, 0.2) is 12.7 Å². The van der Waals surface area contributed by atoms with E-state index in [1.165, 1.54) is 0 Å². The van der Waals surface area contributed by atoms with Gasteiger partial charge in [0, 0.05) is 36.1 Å². The van der Waals surface area contributed by atoms with Crippen LogP contribution in [0.5, 0.6) is 0 Å². The zero-order chi connectivity index (χ0) is 29.6. The fourth-order valence-corrected chi connectivity index (χ4v) is 10.9. The zero-order valence-corrected chi connectivity index (χ0v) is 27.8. The number of hydrogen-bond donors (Lipinski definition) is 2. The molecule has 7 nitrogen and oxygen atoms in total. The lowest BCUT2D eigenvalue weighted by atomic mass is 9.49. The van der Waals surface area contributed by atoms with Crippen LogP contribution < -0.4 is 5.73 Å². The van der Waals surface area contributed by atoms with Crippen molar-refractivity contribution in [1.29, 1.82) is 0 Å². The van der Waals surface area contributed by atoms with E-state index in [9.17, 15) is 19.5 Å². The molecule has 226 valence electrons. The number of ether oxygens (including phenoxy) is 1. The molecule has 0 aromatic heterocycles. The first kappa shape index (κ1) is 32.3. The molecule has 4 fully saturated rings. The van der Waals surface area contributed by atoms with E-state index in [0.717, 1.165) is 32.1 Å². The lowest BCUT2D eigenvalue weighted by Gasteiger charge is -2.60. The summed E-state index contributed by atoms with van der Waals surface area (Å²) in [6.07, 6.45) is 6.07. The number of carbonyl (C=O) groups is 3. The molecule has 0 unspecified atom stereocenters. The van der Waals surface area contributed by atoms with Crippen molar-refractivity contribution in [2.24, 2.45) is 40.2 Å². The normalized spacial score (nSPS) is 42.5. The molecule has 40 heavy (non-hydrogen) atoms. The van der Waals surface area contributed by atoms with Gasteiger partial charge in [0.2, 0.25) is 5.91 Å². The maximum atomic E-state index is 13.6. The molecule has 3 saturated carbocycles. The fraction of sp³-hybridized carbons (Fsp3) is 0.839. The van der Waals surface area contributed by atoms with E-state index in [0.29, 0.717) is 25.9 Å². The summed E-state index contributed by atoms with van der Waals surface area (Å²) < 4.78 is 5.84. The highest BCUT2D eigenvalue weighted by molar-refractivity contribution is 14.1. The van der Waals surface area contributed by atoms with Gasteiger partial charge >= 0.3 is 5.97 Å². The molecule has 1 saturated heterocycles. The van der Waals surface area contributed by atoms with Gasteiger partial charge in [-0.3, -0.25) is 14.4 Å². The molecule has 0 aromatic carbocycles. The number of amides is 1. The van der Waals surface area contributed by atoms with Crippen LogP contribution in [0.25, 0.3) is 0 Å². The molecule has 4 rings (SSSR count). The number of likely N-dealkylation sites (tertiary alicyclic amines) is 1. The number of nitrogens with two attached hydrogens (primary N) is 1. The minimum Gasteiger partial charge on any atom is -0.460 e. The molecule has 4 aliphatic rings. The van der Waals surface area contributed by atoms with Crippen molar-refractivity contribution in [3.8, 4) is 0 Å². The Labute approximate surface area is 258 Å². The average Bonchev–Trinajstić information content (AvgIpc) is 3.29. The maximum Gasteiger partial charge on any atom is 0.316 e. The Bertz CT molecular complexity index is 1010. The van der Waals surface area contributed by atoms with E-state index >= 15 is 0 Å². The Morgan fingerprint density at radius 1 is 1.30 bits per heavy atom. The van der Waals surface area contributed by atoms with E-state index in [1.54, 1.807) is 11.8 Å². The molecule has 3 N–H and O–H groups in total. The van der Waals surface area contributed by atoms with Crippen LogP contribution in [0.4, 0.5) is 0 Å². The molecule has 10 atom stereocenters. The third-order valence-electron chi connectivity index (χ3n) is 11.0. The number of Topliss-reactive ketones (excluding diaryl/α,β-unsaturated/α-hetero) is 1. The highest BCUT2D eigenvalue weighted by atomic mass is 127. The smallest absolute Gasteiger partial charge is 0.316 e. The third-order valence-corrected chi connectivity index (χ3v) is 14.7. The molecule has 0 aromatic rings. The van der Waals surface area contributed by atoms with Gasteiger partial charge in [-0.25, -0.2) is 0 Å². The highest BCUT2D eigenvalue weighted by Crippen LogP contribution is 2.67. The second kappa shape index (κ2) is 12.2. The number of ketones is 1. The van der Waals surface area contributed by atoms with Crippen molar-refractivity contribution < 1.29 is 24.2 Å². The Morgan fingerprint density at radius 2 is 2.00 bits per heavy atom. The van der Waals surface area contributed by atoms with Crippen LogP contribution in [0.3, 0.4) is 0 Å². The number of thioether (sulfide) groups is 1. The first-order valence-electron chi connectivity index (χ1n) is 15.1. The average molecular weight is 689 g/mol.